The Balaban J connectivity index is 1.66. The Kier molecular flexibility index (Phi) is 7.40. The topological polar surface area (TPSA) is 93.7 Å². The third kappa shape index (κ3) is 5.85. The van der Waals surface area contributed by atoms with E-state index < -0.39 is 41.6 Å². The highest BCUT2D eigenvalue weighted by atomic mass is 32.2. The van der Waals surface area contributed by atoms with E-state index in [1.807, 2.05) is 0 Å². The number of nitrogens with zero attached hydrogens (tertiary/aromatic N) is 4. The van der Waals surface area contributed by atoms with Crippen LogP contribution in [0.2, 0.25) is 0 Å². The highest BCUT2D eigenvalue weighted by Crippen LogP contribution is 2.47. The molecule has 1 aromatic carbocycles. The van der Waals surface area contributed by atoms with Gasteiger partial charge in [-0.15, -0.1) is 6.42 Å². The second-order valence-corrected chi connectivity index (χ2v) is 9.45. The number of aromatic nitrogens is 2. The first-order chi connectivity index (χ1) is 17.5. The van der Waals surface area contributed by atoms with Crippen molar-refractivity contribution in [3.63, 3.8) is 0 Å². The van der Waals surface area contributed by atoms with Crippen LogP contribution in [0, 0.1) is 24.1 Å². The molecule has 1 amide bonds. The number of likely N-dealkylation sites (tertiary alicyclic amines) is 1. The van der Waals surface area contributed by atoms with Crippen LogP contribution < -0.4 is 10.5 Å². The Morgan fingerprint density at radius 2 is 2.14 bits per heavy atom. The maximum atomic E-state index is 15.2. The summed E-state index contributed by atoms with van der Waals surface area (Å²) in [7, 11) is 0. The Bertz CT molecular complexity index is 1290. The number of nitrogens with two attached hydrogens (primary N) is 1. The molecular weight excluding hydrogens is 517 g/mol. The van der Waals surface area contributed by atoms with Crippen LogP contribution in [0.5, 0.6) is 5.88 Å². The predicted octanol–water partition coefficient (Wildman–Crippen LogP) is 3.76. The lowest BCUT2D eigenvalue weighted by Gasteiger charge is -2.35. The second kappa shape index (κ2) is 10.4. The van der Waals surface area contributed by atoms with Crippen LogP contribution in [-0.2, 0) is 10.3 Å². The Morgan fingerprint density at radius 3 is 2.81 bits per heavy atom. The van der Waals surface area contributed by atoms with Gasteiger partial charge < -0.3 is 15.4 Å². The van der Waals surface area contributed by atoms with Crippen LogP contribution in [0.3, 0.4) is 0 Å². The summed E-state index contributed by atoms with van der Waals surface area (Å²) >= 11 is 1.18. The van der Waals surface area contributed by atoms with Gasteiger partial charge in [-0.05, 0) is 23.8 Å². The number of carbonyl (C=O) groups is 1. The monoisotopic (exact) mass is 537 g/mol. The molecule has 194 valence electrons. The molecule has 7 nitrogen and oxygen atoms in total. The number of rotatable bonds is 6. The van der Waals surface area contributed by atoms with Crippen molar-refractivity contribution in [2.75, 3.05) is 25.4 Å². The van der Waals surface area contributed by atoms with Crippen LogP contribution in [0.1, 0.15) is 23.2 Å². The van der Waals surface area contributed by atoms with E-state index in [0.717, 1.165) is 23.2 Å². The number of terminal acetylenes is 1. The molecule has 0 spiro atoms. The Morgan fingerprint density at radius 1 is 1.35 bits per heavy atom. The molecule has 0 unspecified atom stereocenters. The zero-order chi connectivity index (χ0) is 26.8. The molecule has 0 bridgehead atoms. The molecule has 0 radical (unpaired) electrons. The minimum Gasteiger partial charge on any atom is -0.463 e. The number of benzene rings is 1. The van der Waals surface area contributed by atoms with Crippen LogP contribution in [0.25, 0.3) is 11.9 Å². The number of thioether (sulfide) groups is 1. The third-order valence-electron chi connectivity index (χ3n) is 5.92. The number of amidine groups is 1. The highest BCUT2D eigenvalue weighted by Gasteiger charge is 2.53. The van der Waals surface area contributed by atoms with Gasteiger partial charge in [0.25, 0.3) is 0 Å². The average Bonchev–Trinajstić information content (AvgIpc) is 3.23. The molecule has 0 aliphatic carbocycles. The number of ether oxygens (including phenoxy) is 1. The summed E-state index contributed by atoms with van der Waals surface area (Å²) < 4.78 is 73.7. The van der Waals surface area contributed by atoms with Crippen molar-refractivity contribution in [3.05, 3.63) is 53.2 Å². The van der Waals surface area contributed by atoms with Gasteiger partial charge in [0.2, 0.25) is 11.8 Å². The van der Waals surface area contributed by atoms with E-state index in [2.05, 4.69) is 20.9 Å². The maximum absolute atomic E-state index is 15.2. The number of halogens is 5. The minimum atomic E-state index is -4.68. The van der Waals surface area contributed by atoms with E-state index in [0.29, 0.717) is 5.75 Å². The molecular formula is C24H20F5N5O2S. The lowest BCUT2D eigenvalue weighted by Crippen LogP contribution is -2.41. The Labute approximate surface area is 213 Å². The second-order valence-electron chi connectivity index (χ2n) is 8.41. The smallest absolute Gasteiger partial charge is 0.397 e. The highest BCUT2D eigenvalue weighted by molar-refractivity contribution is 8.13. The van der Waals surface area contributed by atoms with Gasteiger partial charge in [-0.25, -0.2) is 23.7 Å². The molecule has 4 rings (SSSR count). The van der Waals surface area contributed by atoms with Gasteiger partial charge in [0.05, 0.1) is 18.9 Å². The number of alkyl halides is 3. The quantitative estimate of drug-likeness (QED) is 0.446. The number of hydrogen-bond acceptors (Lipinski definition) is 7. The molecule has 1 aromatic heterocycles. The predicted molar refractivity (Wildman–Crippen MR) is 128 cm³/mol. The van der Waals surface area contributed by atoms with E-state index in [-0.39, 0.29) is 47.6 Å². The first-order valence-corrected chi connectivity index (χ1v) is 11.9. The molecule has 2 atom stereocenters. The minimum absolute atomic E-state index is 0.00808. The number of hydrogen-bond donors (Lipinski definition) is 1. The van der Waals surface area contributed by atoms with E-state index >= 15 is 4.39 Å². The van der Waals surface area contributed by atoms with Crippen molar-refractivity contribution >= 4 is 34.7 Å². The van der Waals surface area contributed by atoms with Crippen molar-refractivity contribution in [1.82, 2.24) is 14.9 Å². The van der Waals surface area contributed by atoms with E-state index in [9.17, 15) is 22.4 Å². The number of aliphatic imine (C=N–C) groups is 1. The van der Waals surface area contributed by atoms with Gasteiger partial charge in [-0.2, -0.15) is 13.2 Å². The molecule has 1 saturated heterocycles. The summed E-state index contributed by atoms with van der Waals surface area (Å²) in [6.45, 7) is -0.362. The van der Waals surface area contributed by atoms with Crippen molar-refractivity contribution in [2.45, 2.75) is 18.1 Å². The summed E-state index contributed by atoms with van der Waals surface area (Å²) in [5, 5.41) is 0.121. The Hall–Kier alpha value is -3.66. The van der Waals surface area contributed by atoms with Crippen LogP contribution in [0.15, 0.2) is 35.6 Å². The molecule has 0 saturated carbocycles. The molecule has 2 aliphatic heterocycles. The van der Waals surface area contributed by atoms with Gasteiger partial charge >= 0.3 is 6.18 Å². The summed E-state index contributed by atoms with van der Waals surface area (Å²) in [5.41, 5.74) is 4.65. The van der Waals surface area contributed by atoms with Gasteiger partial charge in [0, 0.05) is 23.8 Å². The van der Waals surface area contributed by atoms with Crippen molar-refractivity contribution in [1.29, 1.82) is 0 Å². The number of amides is 1. The molecule has 37 heavy (non-hydrogen) atoms. The zero-order valence-electron chi connectivity index (χ0n) is 19.1. The first-order valence-electron chi connectivity index (χ1n) is 10.9. The summed E-state index contributed by atoms with van der Waals surface area (Å²) in [6, 6.07) is 3.79. The number of carbonyl (C=O) groups excluding carboxylic acids is 1. The molecule has 13 heteroatoms. The summed E-state index contributed by atoms with van der Waals surface area (Å²) in [4.78, 5) is 25.6. The SMILES string of the molecule is C#CCOc1cnc(/C(F)=C/c2ccc(F)c([C@]34CN(C(=O)CC(F)(F)F)C[C@H]3CSC(N)=N4)c2)cn1. The van der Waals surface area contributed by atoms with Gasteiger partial charge in [-0.1, -0.05) is 23.7 Å². The molecule has 1 fully saturated rings. The molecule has 2 aromatic rings. The standard InChI is InChI=1S/C24H20F5N5O2S/c1-2-5-36-20-10-31-19(9-32-20)18(26)7-14-3-4-17(25)16(6-14)23-13-34(21(35)8-24(27,28)29)11-15(23)12-37-22(30)33-23/h1,3-4,6-7,9-10,15H,5,8,11-13H2,(H2,30,33)/b18-7-/t15-,23-/m0/s1. The van der Waals surface area contributed by atoms with E-state index in [1.54, 1.807) is 0 Å². The fourth-order valence-electron chi connectivity index (χ4n) is 4.29. The normalized spacial score (nSPS) is 21.7. The van der Waals surface area contributed by atoms with Gasteiger partial charge in [-0.3, -0.25) is 4.79 Å². The fourth-order valence-corrected chi connectivity index (χ4v) is 5.27. The van der Waals surface area contributed by atoms with Gasteiger partial charge in [0.1, 0.15) is 23.5 Å². The lowest BCUT2D eigenvalue weighted by atomic mass is 9.81. The van der Waals surface area contributed by atoms with Crippen LogP contribution >= 0.6 is 11.8 Å². The molecule has 2 N–H and O–H groups in total. The van der Waals surface area contributed by atoms with Crippen molar-refractivity contribution in [2.24, 2.45) is 16.6 Å². The van der Waals surface area contributed by atoms with Crippen LogP contribution in [0.4, 0.5) is 22.0 Å². The van der Waals surface area contributed by atoms with E-state index in [1.165, 1.54) is 30.1 Å². The van der Waals surface area contributed by atoms with E-state index in [4.69, 9.17) is 16.9 Å². The van der Waals surface area contributed by atoms with Gasteiger partial charge in [0.15, 0.2) is 17.6 Å². The zero-order valence-corrected chi connectivity index (χ0v) is 20.0. The number of fused-ring (bicyclic) bond motifs is 1. The first kappa shape index (κ1) is 26.4. The average molecular weight is 538 g/mol. The fraction of sp³-hybridized carbons (Fsp3) is 0.333. The van der Waals surface area contributed by atoms with Crippen LogP contribution in [-0.4, -0.2) is 57.6 Å². The van der Waals surface area contributed by atoms with Crippen molar-refractivity contribution in [3.8, 4) is 18.2 Å². The molecule has 3 heterocycles. The largest absolute Gasteiger partial charge is 0.463 e. The summed E-state index contributed by atoms with van der Waals surface area (Å²) in [5.74, 6) is -0.412. The maximum Gasteiger partial charge on any atom is 0.397 e. The van der Waals surface area contributed by atoms with Crippen molar-refractivity contribution < 1.29 is 31.5 Å². The third-order valence-corrected chi connectivity index (χ3v) is 6.88. The molecule has 2 aliphatic rings. The summed E-state index contributed by atoms with van der Waals surface area (Å²) in [6.07, 6.45) is 2.23. The lowest BCUT2D eigenvalue weighted by molar-refractivity contribution is -0.160.